The molecule has 3 nitrogen and oxygen atoms in total. The van der Waals surface area contributed by atoms with Gasteiger partial charge in [0.1, 0.15) is 11.5 Å². The smallest absolute Gasteiger partial charge is 0.241 e. The van der Waals surface area contributed by atoms with Crippen LogP contribution in [0.3, 0.4) is 0 Å². The minimum Gasteiger partial charge on any atom is -0.335 e. The third-order valence-electron chi connectivity index (χ3n) is 5.54. The maximum Gasteiger partial charge on any atom is 0.241 e. The van der Waals surface area contributed by atoms with Crippen molar-refractivity contribution in [1.29, 1.82) is 0 Å². The first-order chi connectivity index (χ1) is 11.8. The van der Waals surface area contributed by atoms with Crippen molar-refractivity contribution in [3.05, 3.63) is 71.0 Å². The van der Waals surface area contributed by atoms with Crippen LogP contribution in [0.15, 0.2) is 48.5 Å². The first-order valence-electron chi connectivity index (χ1n) is 8.49. The number of aryl methyl sites for hydroxylation is 1. The minimum atomic E-state index is -0.692. The highest BCUT2D eigenvalue weighted by atomic mass is 19.1. The molecular formula is C21H21FN2O. The number of anilines is 1. The summed E-state index contributed by atoms with van der Waals surface area (Å²) in [6.45, 7) is 6.63. The Balaban J connectivity index is 1.87. The molecule has 0 aromatic heterocycles. The highest BCUT2D eigenvalue weighted by Crippen LogP contribution is 2.53. The van der Waals surface area contributed by atoms with Crippen LogP contribution in [0.1, 0.15) is 30.5 Å². The Bertz CT molecular complexity index is 903. The van der Waals surface area contributed by atoms with E-state index in [1.807, 2.05) is 12.1 Å². The monoisotopic (exact) mass is 336 g/mol. The van der Waals surface area contributed by atoms with Gasteiger partial charge in [0.05, 0.1) is 6.54 Å². The van der Waals surface area contributed by atoms with E-state index < -0.39 is 5.66 Å². The average molecular weight is 336 g/mol. The number of nitrogens with zero attached hydrogens (tertiary/aromatic N) is 1. The molecule has 0 saturated carbocycles. The molecule has 2 aromatic rings. The molecule has 1 amide bonds. The molecule has 2 aliphatic heterocycles. The molecule has 0 spiro atoms. The molecule has 0 bridgehead atoms. The molecule has 2 aromatic carbocycles. The van der Waals surface area contributed by atoms with Gasteiger partial charge in [0, 0.05) is 16.7 Å². The Hall–Kier alpha value is -2.62. The summed E-state index contributed by atoms with van der Waals surface area (Å²) in [6.07, 6.45) is 3.71. The summed E-state index contributed by atoms with van der Waals surface area (Å²) in [5, 5.41) is 3.15. The number of rotatable bonds is 2. The summed E-state index contributed by atoms with van der Waals surface area (Å²) in [6, 6.07) is 13.0. The second kappa shape index (κ2) is 5.19. The molecule has 1 N–H and O–H groups in total. The number of hydrogen-bond acceptors (Lipinski definition) is 2. The fraction of sp³-hybridized carbons (Fsp3) is 0.286. The number of benzene rings is 2. The predicted octanol–water partition coefficient (Wildman–Crippen LogP) is 3.77. The van der Waals surface area contributed by atoms with E-state index >= 15 is 0 Å². The van der Waals surface area contributed by atoms with Crippen LogP contribution < -0.4 is 10.2 Å². The van der Waals surface area contributed by atoms with Crippen LogP contribution in [0, 0.1) is 12.7 Å². The first-order valence-corrected chi connectivity index (χ1v) is 8.49. The van der Waals surface area contributed by atoms with E-state index in [4.69, 9.17) is 0 Å². The van der Waals surface area contributed by atoms with Crippen molar-refractivity contribution in [1.82, 2.24) is 5.32 Å². The van der Waals surface area contributed by atoms with Crippen molar-refractivity contribution < 1.29 is 9.18 Å². The number of amides is 1. The number of halogens is 1. The van der Waals surface area contributed by atoms with Crippen molar-refractivity contribution in [2.24, 2.45) is 0 Å². The van der Waals surface area contributed by atoms with E-state index in [0.717, 1.165) is 5.69 Å². The van der Waals surface area contributed by atoms with Crippen LogP contribution in [0.4, 0.5) is 10.1 Å². The molecule has 4 rings (SSSR count). The van der Waals surface area contributed by atoms with Gasteiger partial charge in [-0.05, 0) is 30.7 Å². The molecule has 1 unspecified atom stereocenters. The van der Waals surface area contributed by atoms with Crippen molar-refractivity contribution in [2.45, 2.75) is 31.8 Å². The minimum absolute atomic E-state index is 0.0162. The van der Waals surface area contributed by atoms with Crippen molar-refractivity contribution >= 4 is 17.7 Å². The van der Waals surface area contributed by atoms with E-state index in [0.29, 0.717) is 12.1 Å². The molecule has 2 heterocycles. The second-order valence-corrected chi connectivity index (χ2v) is 7.40. The molecule has 0 aliphatic carbocycles. The van der Waals surface area contributed by atoms with Crippen LogP contribution >= 0.6 is 0 Å². The molecule has 25 heavy (non-hydrogen) atoms. The standard InChI is InChI=1S/C21H21FN2O/c1-14-8-9-18-16(12-14)20(2,3)21(23-19(25)13-24(18)21)11-10-15-6-4-5-7-17(15)22/h4-12H,13H2,1-3H3,(H,23,25)/b11-10+. The molecule has 128 valence electrons. The molecule has 0 radical (unpaired) electrons. The Morgan fingerprint density at radius 1 is 1.20 bits per heavy atom. The molecular weight excluding hydrogens is 315 g/mol. The summed E-state index contributed by atoms with van der Waals surface area (Å²) in [5.74, 6) is -0.285. The predicted molar refractivity (Wildman–Crippen MR) is 97.9 cm³/mol. The Morgan fingerprint density at radius 3 is 2.72 bits per heavy atom. The maximum atomic E-state index is 14.0. The largest absolute Gasteiger partial charge is 0.335 e. The van der Waals surface area contributed by atoms with Gasteiger partial charge in [0.2, 0.25) is 5.91 Å². The molecule has 1 fully saturated rings. The zero-order valence-corrected chi connectivity index (χ0v) is 14.6. The Labute approximate surface area is 147 Å². The number of carbonyl (C=O) groups is 1. The lowest BCUT2D eigenvalue weighted by molar-refractivity contribution is -0.118. The lowest BCUT2D eigenvalue weighted by Gasteiger charge is -2.40. The van der Waals surface area contributed by atoms with Gasteiger partial charge in [0.15, 0.2) is 0 Å². The molecule has 4 heteroatoms. The second-order valence-electron chi connectivity index (χ2n) is 7.40. The van der Waals surface area contributed by atoms with Gasteiger partial charge in [-0.25, -0.2) is 4.39 Å². The summed E-state index contributed by atoms with van der Waals surface area (Å²) in [5.41, 5.74) is 2.93. The molecule has 1 atom stereocenters. The van der Waals surface area contributed by atoms with Crippen LogP contribution in [0.2, 0.25) is 0 Å². The van der Waals surface area contributed by atoms with E-state index in [2.05, 4.69) is 49.2 Å². The van der Waals surface area contributed by atoms with Gasteiger partial charge >= 0.3 is 0 Å². The lowest BCUT2D eigenvalue weighted by atomic mass is 9.75. The van der Waals surface area contributed by atoms with Crippen molar-refractivity contribution in [2.75, 3.05) is 11.4 Å². The number of fused-ring (bicyclic) bond motifs is 3. The van der Waals surface area contributed by atoms with E-state index in [9.17, 15) is 9.18 Å². The van der Waals surface area contributed by atoms with E-state index in [-0.39, 0.29) is 17.1 Å². The van der Waals surface area contributed by atoms with Gasteiger partial charge < -0.3 is 10.2 Å². The quantitative estimate of drug-likeness (QED) is 0.905. The first kappa shape index (κ1) is 15.9. The molecule has 2 aliphatic rings. The fourth-order valence-electron chi connectivity index (χ4n) is 4.11. The summed E-state index contributed by atoms with van der Waals surface area (Å²) >= 11 is 0. The van der Waals surface area contributed by atoms with Crippen LogP contribution in [0.5, 0.6) is 0 Å². The van der Waals surface area contributed by atoms with Gasteiger partial charge in [-0.15, -0.1) is 0 Å². The van der Waals surface area contributed by atoms with Gasteiger partial charge in [0.25, 0.3) is 0 Å². The summed E-state index contributed by atoms with van der Waals surface area (Å²) in [4.78, 5) is 14.3. The van der Waals surface area contributed by atoms with E-state index in [1.54, 1.807) is 18.2 Å². The SMILES string of the molecule is Cc1ccc2c(c1)C(C)(C)C1(/C=C/c3ccccc3F)NC(=O)CN21. The summed E-state index contributed by atoms with van der Waals surface area (Å²) in [7, 11) is 0. The van der Waals surface area contributed by atoms with Crippen LogP contribution in [-0.2, 0) is 10.2 Å². The maximum absolute atomic E-state index is 14.0. The zero-order valence-electron chi connectivity index (χ0n) is 14.6. The number of nitrogens with one attached hydrogen (secondary N) is 1. The van der Waals surface area contributed by atoms with E-state index in [1.165, 1.54) is 17.2 Å². The van der Waals surface area contributed by atoms with Gasteiger partial charge in [-0.3, -0.25) is 4.79 Å². The lowest BCUT2D eigenvalue weighted by Crippen LogP contribution is -2.58. The normalized spacial score (nSPS) is 23.7. The van der Waals surface area contributed by atoms with Crippen LogP contribution in [-0.4, -0.2) is 18.1 Å². The van der Waals surface area contributed by atoms with Gasteiger partial charge in [-0.1, -0.05) is 55.8 Å². The zero-order chi connectivity index (χ0) is 17.8. The van der Waals surface area contributed by atoms with Crippen LogP contribution in [0.25, 0.3) is 6.08 Å². The average Bonchev–Trinajstić information content (AvgIpc) is 2.99. The summed E-state index contributed by atoms with van der Waals surface area (Å²) < 4.78 is 14.0. The van der Waals surface area contributed by atoms with Gasteiger partial charge in [-0.2, -0.15) is 0 Å². The molecule has 1 saturated heterocycles. The fourth-order valence-corrected chi connectivity index (χ4v) is 4.11. The Kier molecular flexibility index (Phi) is 3.29. The highest BCUT2D eigenvalue weighted by molar-refractivity contribution is 5.91. The van der Waals surface area contributed by atoms with Crippen molar-refractivity contribution in [3.63, 3.8) is 0 Å². The number of hydrogen-bond donors (Lipinski definition) is 1. The Morgan fingerprint density at radius 2 is 1.96 bits per heavy atom. The topological polar surface area (TPSA) is 32.3 Å². The third-order valence-corrected chi connectivity index (χ3v) is 5.54. The number of carbonyl (C=O) groups excluding carboxylic acids is 1. The third kappa shape index (κ3) is 2.13. The highest BCUT2D eigenvalue weighted by Gasteiger charge is 2.59. The van der Waals surface area contributed by atoms with Crippen molar-refractivity contribution in [3.8, 4) is 0 Å².